The van der Waals surface area contributed by atoms with Gasteiger partial charge in [-0.1, -0.05) is 0 Å². The van der Waals surface area contributed by atoms with Crippen molar-refractivity contribution in [2.45, 2.75) is 6.92 Å². The number of carbonyl (C=O) groups is 1. The van der Waals surface area contributed by atoms with Crippen molar-refractivity contribution in [2.24, 2.45) is 0 Å². The van der Waals surface area contributed by atoms with Gasteiger partial charge in [0.05, 0.1) is 18.5 Å². The van der Waals surface area contributed by atoms with Gasteiger partial charge >= 0.3 is 0 Å². The van der Waals surface area contributed by atoms with Gasteiger partial charge in [0, 0.05) is 31.7 Å². The van der Waals surface area contributed by atoms with Crippen LogP contribution in [0.15, 0.2) is 36.7 Å². The number of aryl methyl sites for hydroxylation is 1. The van der Waals surface area contributed by atoms with Crippen LogP contribution in [0.3, 0.4) is 0 Å². The fourth-order valence-electron chi connectivity index (χ4n) is 3.23. The highest BCUT2D eigenvalue weighted by Crippen LogP contribution is 2.22. The first-order chi connectivity index (χ1) is 12.7. The number of fused-ring (bicyclic) bond motifs is 1. The van der Waals surface area contributed by atoms with Gasteiger partial charge in [-0.05, 0) is 37.3 Å². The summed E-state index contributed by atoms with van der Waals surface area (Å²) in [5, 5.41) is 12.5. The van der Waals surface area contributed by atoms with Crippen molar-refractivity contribution in [3.63, 3.8) is 0 Å². The Morgan fingerprint density at radius 2 is 1.85 bits per heavy atom. The smallest absolute Gasteiger partial charge is 0.253 e. The molecule has 1 amide bonds. The maximum Gasteiger partial charge on any atom is 0.253 e. The summed E-state index contributed by atoms with van der Waals surface area (Å²) < 4.78 is 6.84. The number of hydrogen-bond acceptors (Lipinski definition) is 6. The minimum atomic E-state index is 0.0471. The number of piperazine rings is 1. The van der Waals surface area contributed by atoms with Crippen molar-refractivity contribution in [1.29, 1.82) is 0 Å². The molecule has 1 aliphatic rings. The molecule has 1 fully saturated rings. The van der Waals surface area contributed by atoms with E-state index in [9.17, 15) is 4.79 Å². The second kappa shape index (κ2) is 6.62. The summed E-state index contributed by atoms with van der Waals surface area (Å²) in [5.41, 5.74) is 3.33. The van der Waals surface area contributed by atoms with E-state index in [0.717, 1.165) is 35.9 Å². The van der Waals surface area contributed by atoms with Crippen LogP contribution in [0.5, 0.6) is 5.75 Å². The Balaban J connectivity index is 1.48. The Labute approximate surface area is 151 Å². The Hall–Kier alpha value is -3.16. The third-order valence-electron chi connectivity index (χ3n) is 4.62. The summed E-state index contributed by atoms with van der Waals surface area (Å²) >= 11 is 0. The van der Waals surface area contributed by atoms with Crippen molar-refractivity contribution in [3.05, 3.63) is 47.9 Å². The Bertz CT molecular complexity index is 929. The van der Waals surface area contributed by atoms with E-state index in [4.69, 9.17) is 4.74 Å². The molecular formula is C18H20N6O2. The van der Waals surface area contributed by atoms with E-state index in [1.807, 2.05) is 30.0 Å². The number of anilines is 1. The number of aromatic nitrogens is 4. The predicted molar refractivity (Wildman–Crippen MR) is 96.6 cm³/mol. The average Bonchev–Trinajstić information content (AvgIpc) is 3.15. The monoisotopic (exact) mass is 352 g/mol. The average molecular weight is 352 g/mol. The van der Waals surface area contributed by atoms with Crippen LogP contribution in [0, 0.1) is 6.92 Å². The summed E-state index contributed by atoms with van der Waals surface area (Å²) in [7, 11) is 1.61. The minimum Gasteiger partial charge on any atom is -0.497 e. The van der Waals surface area contributed by atoms with E-state index in [2.05, 4.69) is 20.2 Å². The van der Waals surface area contributed by atoms with E-state index in [1.54, 1.807) is 30.1 Å². The molecular weight excluding hydrogens is 332 g/mol. The third-order valence-corrected chi connectivity index (χ3v) is 4.62. The largest absolute Gasteiger partial charge is 0.497 e. The lowest BCUT2D eigenvalue weighted by Crippen LogP contribution is -2.49. The highest BCUT2D eigenvalue weighted by atomic mass is 16.5. The van der Waals surface area contributed by atoms with Crippen LogP contribution >= 0.6 is 0 Å². The van der Waals surface area contributed by atoms with E-state index in [0.29, 0.717) is 18.7 Å². The molecule has 1 aromatic carbocycles. The van der Waals surface area contributed by atoms with Gasteiger partial charge in [-0.15, -0.1) is 10.2 Å². The molecule has 8 nitrogen and oxygen atoms in total. The second-order valence-corrected chi connectivity index (χ2v) is 6.28. The summed E-state index contributed by atoms with van der Waals surface area (Å²) in [6.45, 7) is 4.76. The molecule has 0 atom stereocenters. The minimum absolute atomic E-state index is 0.0471. The van der Waals surface area contributed by atoms with Crippen molar-refractivity contribution in [1.82, 2.24) is 24.7 Å². The molecule has 0 saturated carbocycles. The molecule has 0 unspecified atom stereocenters. The molecule has 3 heterocycles. The van der Waals surface area contributed by atoms with E-state index >= 15 is 0 Å². The molecule has 0 spiro atoms. The zero-order valence-corrected chi connectivity index (χ0v) is 14.8. The molecule has 8 heteroatoms. The fourth-order valence-corrected chi connectivity index (χ4v) is 3.23. The number of benzene rings is 1. The van der Waals surface area contributed by atoms with Crippen molar-refractivity contribution >= 4 is 17.2 Å². The van der Waals surface area contributed by atoms with Crippen molar-refractivity contribution < 1.29 is 9.53 Å². The topological polar surface area (TPSA) is 75.9 Å². The Morgan fingerprint density at radius 1 is 1.12 bits per heavy atom. The standard InChI is InChI=1S/C18H20N6O2/c1-13-11-16(17-20-19-12-24(17)21-13)22-7-9-23(10-8-22)18(25)14-3-5-15(26-2)6-4-14/h3-6,11-12H,7-10H2,1-2H3. The normalized spacial score (nSPS) is 14.7. The number of amides is 1. The second-order valence-electron chi connectivity index (χ2n) is 6.28. The number of rotatable bonds is 3. The van der Waals surface area contributed by atoms with Crippen LogP contribution in [-0.2, 0) is 0 Å². The summed E-state index contributed by atoms with van der Waals surface area (Å²) in [6, 6.07) is 9.25. The maximum absolute atomic E-state index is 12.7. The van der Waals surface area contributed by atoms with Crippen LogP contribution in [0.2, 0.25) is 0 Å². The van der Waals surface area contributed by atoms with Gasteiger partial charge in [-0.25, -0.2) is 0 Å². The molecule has 1 saturated heterocycles. The summed E-state index contributed by atoms with van der Waals surface area (Å²) in [5.74, 6) is 0.794. The number of methoxy groups -OCH3 is 1. The number of carbonyl (C=O) groups excluding carboxylic acids is 1. The van der Waals surface area contributed by atoms with Crippen LogP contribution in [-0.4, -0.2) is 63.9 Å². The van der Waals surface area contributed by atoms with E-state index in [-0.39, 0.29) is 5.91 Å². The summed E-state index contributed by atoms with van der Waals surface area (Å²) in [6.07, 6.45) is 1.61. The molecule has 1 aliphatic heterocycles. The van der Waals surface area contributed by atoms with E-state index in [1.165, 1.54) is 0 Å². The van der Waals surface area contributed by atoms with Gasteiger partial charge in [-0.3, -0.25) is 4.79 Å². The molecule has 4 rings (SSSR count). The molecule has 0 N–H and O–H groups in total. The number of hydrogen-bond donors (Lipinski definition) is 0. The van der Waals surface area contributed by atoms with Crippen LogP contribution in [0.1, 0.15) is 16.1 Å². The molecule has 0 radical (unpaired) electrons. The van der Waals surface area contributed by atoms with Crippen molar-refractivity contribution in [3.8, 4) is 5.75 Å². The maximum atomic E-state index is 12.7. The van der Waals surface area contributed by atoms with Gasteiger partial charge in [0.25, 0.3) is 5.91 Å². The first-order valence-electron chi connectivity index (χ1n) is 8.51. The van der Waals surface area contributed by atoms with Gasteiger partial charge in [0.1, 0.15) is 12.1 Å². The van der Waals surface area contributed by atoms with Crippen molar-refractivity contribution in [2.75, 3.05) is 38.2 Å². The first kappa shape index (κ1) is 16.3. The molecule has 0 aliphatic carbocycles. The zero-order chi connectivity index (χ0) is 18.1. The lowest BCUT2D eigenvalue weighted by Gasteiger charge is -2.36. The highest BCUT2D eigenvalue weighted by molar-refractivity contribution is 5.94. The van der Waals surface area contributed by atoms with E-state index < -0.39 is 0 Å². The number of nitrogens with zero attached hydrogens (tertiary/aromatic N) is 6. The number of ether oxygens (including phenoxy) is 1. The van der Waals surface area contributed by atoms with Crippen LogP contribution < -0.4 is 9.64 Å². The Kier molecular flexibility index (Phi) is 4.16. The molecule has 134 valence electrons. The van der Waals surface area contributed by atoms with Gasteiger partial charge in [0.15, 0.2) is 0 Å². The van der Waals surface area contributed by atoms with Gasteiger partial charge in [0.2, 0.25) is 5.65 Å². The lowest BCUT2D eigenvalue weighted by atomic mass is 10.1. The van der Waals surface area contributed by atoms with Gasteiger partial charge in [-0.2, -0.15) is 9.61 Å². The van der Waals surface area contributed by atoms with Crippen LogP contribution in [0.25, 0.3) is 5.65 Å². The molecule has 26 heavy (non-hydrogen) atoms. The quantitative estimate of drug-likeness (QED) is 0.709. The van der Waals surface area contributed by atoms with Gasteiger partial charge < -0.3 is 14.5 Å². The molecule has 0 bridgehead atoms. The zero-order valence-electron chi connectivity index (χ0n) is 14.8. The summed E-state index contributed by atoms with van der Waals surface area (Å²) in [4.78, 5) is 16.8. The third kappa shape index (κ3) is 2.94. The highest BCUT2D eigenvalue weighted by Gasteiger charge is 2.24. The SMILES string of the molecule is COc1ccc(C(=O)N2CCN(c3cc(C)nn4cnnc34)CC2)cc1. The molecule has 2 aromatic heterocycles. The fraction of sp³-hybridized carbons (Fsp3) is 0.333. The van der Waals surface area contributed by atoms with Crippen LogP contribution in [0.4, 0.5) is 5.69 Å². The lowest BCUT2D eigenvalue weighted by molar-refractivity contribution is 0.0747. The molecule has 3 aromatic rings. The Morgan fingerprint density at radius 3 is 2.54 bits per heavy atom. The predicted octanol–water partition coefficient (Wildman–Crippen LogP) is 1.40. The first-order valence-corrected chi connectivity index (χ1v) is 8.51.